The van der Waals surface area contributed by atoms with E-state index in [0.717, 1.165) is 17.0 Å². The van der Waals surface area contributed by atoms with Crippen LogP contribution in [0.1, 0.15) is 5.76 Å². The minimum Gasteiger partial charge on any atom is -0.493 e. The molecule has 1 aromatic carbocycles. The Morgan fingerprint density at radius 1 is 1.13 bits per heavy atom. The van der Waals surface area contributed by atoms with Gasteiger partial charge < -0.3 is 18.6 Å². The number of nitrogens with zero attached hydrogens (tertiary/aromatic N) is 2. The quantitative estimate of drug-likeness (QED) is 0.239. The normalized spacial score (nSPS) is 15.2. The Morgan fingerprint density at radius 2 is 1.77 bits per heavy atom. The lowest BCUT2D eigenvalue weighted by atomic mass is 10.1. The van der Waals surface area contributed by atoms with Gasteiger partial charge in [0.15, 0.2) is 16.6 Å². The molecule has 156 valence electrons. The van der Waals surface area contributed by atoms with Gasteiger partial charge in [-0.25, -0.2) is 0 Å². The lowest BCUT2D eigenvalue weighted by Crippen LogP contribution is -2.54. The lowest BCUT2D eigenvalue weighted by Gasteiger charge is -2.29. The minimum atomic E-state index is -0.771. The number of carbonyl (C=O) groups is 2. The number of anilines is 1. The van der Waals surface area contributed by atoms with Gasteiger partial charge in [0.25, 0.3) is 11.8 Å². The van der Waals surface area contributed by atoms with Gasteiger partial charge in [-0.05, 0) is 24.4 Å². The van der Waals surface area contributed by atoms with E-state index in [1.807, 2.05) is 0 Å². The van der Waals surface area contributed by atoms with Crippen LogP contribution in [-0.2, 0) is 9.59 Å². The van der Waals surface area contributed by atoms with E-state index < -0.39 is 22.6 Å². The Kier molecular flexibility index (Phi) is 5.69. The van der Waals surface area contributed by atoms with Gasteiger partial charge in [-0.2, -0.15) is 0 Å². The number of nitrogens with one attached hydrogen (secondary N) is 1. The van der Waals surface area contributed by atoms with E-state index in [9.17, 15) is 19.7 Å². The Balaban J connectivity index is 2.06. The summed E-state index contributed by atoms with van der Waals surface area (Å²) in [7, 11) is 4.25. The molecule has 1 aliphatic heterocycles. The summed E-state index contributed by atoms with van der Waals surface area (Å²) < 4.78 is 20.8. The van der Waals surface area contributed by atoms with E-state index >= 15 is 0 Å². The molecular formula is C18H15N3O8S. The predicted molar refractivity (Wildman–Crippen MR) is 108 cm³/mol. The van der Waals surface area contributed by atoms with Gasteiger partial charge in [-0.1, -0.05) is 0 Å². The fourth-order valence-corrected chi connectivity index (χ4v) is 3.03. The smallest absolute Gasteiger partial charge is 0.433 e. The molecule has 2 aromatic rings. The number of thiocarbonyl (C=S) groups is 1. The molecule has 30 heavy (non-hydrogen) atoms. The van der Waals surface area contributed by atoms with Crippen molar-refractivity contribution in [1.82, 2.24) is 5.32 Å². The van der Waals surface area contributed by atoms with Gasteiger partial charge >= 0.3 is 5.88 Å². The molecule has 3 rings (SSSR count). The molecule has 2 amide bonds. The highest BCUT2D eigenvalue weighted by atomic mass is 32.1. The van der Waals surface area contributed by atoms with Crippen LogP contribution >= 0.6 is 12.2 Å². The van der Waals surface area contributed by atoms with Crippen molar-refractivity contribution in [2.45, 2.75) is 0 Å². The number of amides is 2. The fourth-order valence-electron chi connectivity index (χ4n) is 2.75. The van der Waals surface area contributed by atoms with Crippen LogP contribution in [0.25, 0.3) is 6.08 Å². The lowest BCUT2D eigenvalue weighted by molar-refractivity contribution is -0.402. The maximum Gasteiger partial charge on any atom is 0.433 e. The topological polar surface area (TPSA) is 133 Å². The summed E-state index contributed by atoms with van der Waals surface area (Å²) in [5.74, 6) is -1.26. The summed E-state index contributed by atoms with van der Waals surface area (Å²) in [6.45, 7) is 0. The molecule has 2 heterocycles. The number of hydrogen-bond donors (Lipinski definition) is 1. The molecule has 0 atom stereocenters. The molecule has 0 bridgehead atoms. The van der Waals surface area contributed by atoms with Crippen molar-refractivity contribution >= 4 is 46.8 Å². The van der Waals surface area contributed by atoms with Crippen LogP contribution in [-0.4, -0.2) is 43.2 Å². The number of carbonyl (C=O) groups excluding carboxylic acids is 2. The molecule has 0 aliphatic carbocycles. The maximum absolute atomic E-state index is 13.1. The van der Waals surface area contributed by atoms with E-state index in [4.69, 9.17) is 30.8 Å². The van der Waals surface area contributed by atoms with Gasteiger partial charge in [-0.15, -0.1) is 0 Å². The Bertz CT molecular complexity index is 1070. The SMILES string of the molecule is COc1cc(N2C(=O)C(=Cc3ccc([N+](=O)[O-])o3)C(=O)NC2=S)cc(OC)c1OC. The zero-order chi connectivity index (χ0) is 22.0. The average Bonchev–Trinajstić information content (AvgIpc) is 3.19. The van der Waals surface area contributed by atoms with E-state index in [-0.39, 0.29) is 33.6 Å². The zero-order valence-corrected chi connectivity index (χ0v) is 16.8. The molecule has 0 spiro atoms. The Hall–Kier alpha value is -3.93. The second-order valence-corrected chi connectivity index (χ2v) is 6.16. The first-order valence-corrected chi connectivity index (χ1v) is 8.67. The molecule has 0 saturated carbocycles. The monoisotopic (exact) mass is 433 g/mol. The second-order valence-electron chi connectivity index (χ2n) is 5.77. The molecule has 1 aliphatic rings. The summed E-state index contributed by atoms with van der Waals surface area (Å²) in [6.07, 6.45) is 1.09. The number of rotatable bonds is 6. The van der Waals surface area contributed by atoms with Gasteiger partial charge in [0.2, 0.25) is 5.75 Å². The number of benzene rings is 1. The molecule has 1 aromatic heterocycles. The summed E-state index contributed by atoms with van der Waals surface area (Å²) in [5, 5.41) is 13.0. The van der Waals surface area contributed by atoms with Crippen LogP contribution in [0.4, 0.5) is 11.6 Å². The standard InChI is InChI=1S/C18H15N3O8S/c1-26-12-6-9(7-13(27-2)15(12)28-3)20-17(23)11(16(22)19-18(20)30)8-10-4-5-14(29-10)21(24)25/h4-8H,1-3H3,(H,19,22,30). The van der Waals surface area contributed by atoms with Crippen molar-refractivity contribution in [3.05, 3.63) is 45.7 Å². The maximum atomic E-state index is 13.1. The summed E-state index contributed by atoms with van der Waals surface area (Å²) >= 11 is 5.16. The van der Waals surface area contributed by atoms with Crippen LogP contribution in [0.3, 0.4) is 0 Å². The van der Waals surface area contributed by atoms with Crippen molar-refractivity contribution in [2.75, 3.05) is 26.2 Å². The third-order valence-corrected chi connectivity index (χ3v) is 4.37. The predicted octanol–water partition coefficient (Wildman–Crippen LogP) is 2.04. The van der Waals surface area contributed by atoms with Crippen LogP contribution in [0, 0.1) is 10.1 Å². The van der Waals surface area contributed by atoms with Crippen LogP contribution in [0.5, 0.6) is 17.2 Å². The number of furan rings is 1. The third kappa shape index (κ3) is 3.67. The Labute approximate surface area is 174 Å². The molecule has 0 unspecified atom stereocenters. The van der Waals surface area contributed by atoms with Gasteiger partial charge in [0, 0.05) is 12.1 Å². The summed E-state index contributed by atoms with van der Waals surface area (Å²) in [5.41, 5.74) is -0.0857. The molecule has 0 radical (unpaired) electrons. The number of nitro groups is 1. The molecule has 1 saturated heterocycles. The van der Waals surface area contributed by atoms with Crippen molar-refractivity contribution < 1.29 is 33.1 Å². The minimum absolute atomic E-state index is 0.0436. The molecule has 12 heteroatoms. The van der Waals surface area contributed by atoms with Crippen molar-refractivity contribution in [2.24, 2.45) is 0 Å². The van der Waals surface area contributed by atoms with Crippen LogP contribution in [0.2, 0.25) is 0 Å². The van der Waals surface area contributed by atoms with Gasteiger partial charge in [0.1, 0.15) is 16.3 Å². The first-order valence-electron chi connectivity index (χ1n) is 8.26. The molecular weight excluding hydrogens is 418 g/mol. The molecule has 11 nitrogen and oxygen atoms in total. The van der Waals surface area contributed by atoms with E-state index in [0.29, 0.717) is 5.75 Å². The highest BCUT2D eigenvalue weighted by Gasteiger charge is 2.36. The summed E-state index contributed by atoms with van der Waals surface area (Å²) in [4.78, 5) is 36.5. The first kappa shape index (κ1) is 20.8. The number of ether oxygens (including phenoxy) is 3. The molecule has 1 fully saturated rings. The third-order valence-electron chi connectivity index (χ3n) is 4.09. The summed E-state index contributed by atoms with van der Waals surface area (Å²) in [6, 6.07) is 5.35. The van der Waals surface area contributed by atoms with Gasteiger partial charge in [-0.3, -0.25) is 29.9 Å². The number of methoxy groups -OCH3 is 3. The van der Waals surface area contributed by atoms with Gasteiger partial charge in [0.05, 0.1) is 33.1 Å². The zero-order valence-electron chi connectivity index (χ0n) is 16.0. The average molecular weight is 433 g/mol. The first-order chi connectivity index (χ1) is 14.3. The van der Waals surface area contributed by atoms with E-state index in [1.54, 1.807) is 0 Å². The fraction of sp³-hybridized carbons (Fsp3) is 0.167. The van der Waals surface area contributed by atoms with Crippen molar-refractivity contribution in [1.29, 1.82) is 0 Å². The Morgan fingerprint density at radius 3 is 2.27 bits per heavy atom. The van der Waals surface area contributed by atoms with Crippen molar-refractivity contribution in [3.63, 3.8) is 0 Å². The van der Waals surface area contributed by atoms with E-state index in [2.05, 4.69) is 5.32 Å². The van der Waals surface area contributed by atoms with Crippen LogP contribution < -0.4 is 24.4 Å². The second kappa shape index (κ2) is 8.21. The highest BCUT2D eigenvalue weighted by Crippen LogP contribution is 2.41. The van der Waals surface area contributed by atoms with Crippen LogP contribution in [0.15, 0.2) is 34.3 Å². The van der Waals surface area contributed by atoms with Crippen molar-refractivity contribution in [3.8, 4) is 17.2 Å². The van der Waals surface area contributed by atoms with E-state index in [1.165, 1.54) is 39.5 Å². The molecule has 1 N–H and O–H groups in total. The highest BCUT2D eigenvalue weighted by molar-refractivity contribution is 7.80. The number of hydrogen-bond acceptors (Lipinski definition) is 9. The largest absolute Gasteiger partial charge is 0.493 e.